The van der Waals surface area contributed by atoms with Crippen LogP contribution in [0.1, 0.15) is 60.7 Å². The molecule has 3 nitrogen and oxygen atoms in total. The first-order chi connectivity index (χ1) is 14.4. The van der Waals surface area contributed by atoms with Crippen molar-refractivity contribution in [1.82, 2.24) is 5.32 Å². The second kappa shape index (κ2) is 11.2. The van der Waals surface area contributed by atoms with Crippen LogP contribution in [-0.2, 0) is 6.42 Å². The van der Waals surface area contributed by atoms with E-state index in [-0.39, 0.29) is 5.91 Å². The van der Waals surface area contributed by atoms with Crippen LogP contribution in [0, 0.1) is 5.92 Å². The Morgan fingerprint density at radius 3 is 2.37 bits per heavy atom. The Bertz CT molecular complexity index is 923. The van der Waals surface area contributed by atoms with E-state index in [2.05, 4.69) is 56.2 Å². The number of carbonyl (C=O) groups is 1. The SMILES string of the molecule is C=C/C=C(\C=C/C)NC(=O)c1cc(Cc2ccccc2)cc(C(C)C(C)C)c1NC. The molecule has 0 saturated heterocycles. The quantitative estimate of drug-likeness (QED) is 0.473. The van der Waals surface area contributed by atoms with Gasteiger partial charge in [-0.1, -0.05) is 75.9 Å². The van der Waals surface area contributed by atoms with Gasteiger partial charge in [-0.05, 0) is 60.1 Å². The van der Waals surface area contributed by atoms with Gasteiger partial charge in [0, 0.05) is 12.7 Å². The lowest BCUT2D eigenvalue weighted by atomic mass is 9.85. The summed E-state index contributed by atoms with van der Waals surface area (Å²) in [7, 11) is 1.88. The summed E-state index contributed by atoms with van der Waals surface area (Å²) < 4.78 is 0. The van der Waals surface area contributed by atoms with Crippen molar-refractivity contribution in [2.45, 2.75) is 40.0 Å². The van der Waals surface area contributed by atoms with Gasteiger partial charge in [0.15, 0.2) is 0 Å². The minimum Gasteiger partial charge on any atom is -0.387 e. The third kappa shape index (κ3) is 5.96. The molecule has 2 aromatic rings. The Labute approximate surface area is 181 Å². The number of carbonyl (C=O) groups excluding carboxylic acids is 1. The summed E-state index contributed by atoms with van der Waals surface area (Å²) >= 11 is 0. The van der Waals surface area contributed by atoms with Crippen LogP contribution in [0.25, 0.3) is 0 Å². The number of rotatable bonds is 9. The number of allylic oxidation sites excluding steroid dienone is 4. The molecular formula is C27H34N2O. The van der Waals surface area contributed by atoms with Crippen LogP contribution >= 0.6 is 0 Å². The van der Waals surface area contributed by atoms with Crippen LogP contribution in [0.5, 0.6) is 0 Å². The number of hydrogen-bond donors (Lipinski definition) is 2. The maximum atomic E-state index is 13.3. The third-order valence-electron chi connectivity index (χ3n) is 5.37. The maximum Gasteiger partial charge on any atom is 0.257 e. The van der Waals surface area contributed by atoms with Crippen molar-refractivity contribution >= 4 is 11.6 Å². The minimum atomic E-state index is -0.127. The summed E-state index contributed by atoms with van der Waals surface area (Å²) in [5, 5.41) is 6.31. The molecule has 0 heterocycles. The van der Waals surface area contributed by atoms with Gasteiger partial charge in [-0.3, -0.25) is 4.79 Å². The number of hydrogen-bond acceptors (Lipinski definition) is 2. The molecule has 2 N–H and O–H groups in total. The highest BCUT2D eigenvalue weighted by Gasteiger charge is 2.21. The van der Waals surface area contributed by atoms with Gasteiger partial charge in [0.05, 0.1) is 11.3 Å². The highest BCUT2D eigenvalue weighted by atomic mass is 16.1. The molecule has 0 aromatic heterocycles. The lowest BCUT2D eigenvalue weighted by Crippen LogP contribution is -2.24. The number of nitrogens with one attached hydrogen (secondary N) is 2. The molecule has 1 unspecified atom stereocenters. The minimum absolute atomic E-state index is 0.127. The van der Waals surface area contributed by atoms with Gasteiger partial charge in [-0.25, -0.2) is 0 Å². The Kier molecular flexibility index (Phi) is 8.67. The summed E-state index contributed by atoms with van der Waals surface area (Å²) in [6.07, 6.45) is 8.01. The standard InChI is InChI=1S/C27H34N2O/c1-7-12-23(13-8-2)29-27(30)25-18-22(16-21-14-10-9-11-15-21)17-24(26(25)28-6)20(5)19(3)4/h7-15,17-20,28H,1,16H2,2-6H3,(H,29,30)/b13-8-,23-12+. The van der Waals surface area contributed by atoms with E-state index in [1.807, 2.05) is 50.4 Å². The van der Waals surface area contributed by atoms with Crippen molar-refractivity contribution in [3.8, 4) is 0 Å². The normalized spacial score (nSPS) is 12.8. The zero-order chi connectivity index (χ0) is 22.1. The summed E-state index contributed by atoms with van der Waals surface area (Å²) in [5.74, 6) is 0.644. The molecule has 2 aromatic carbocycles. The fraction of sp³-hybridized carbons (Fsp3) is 0.296. The monoisotopic (exact) mass is 402 g/mol. The van der Waals surface area contributed by atoms with E-state index in [0.717, 1.165) is 17.7 Å². The molecule has 0 radical (unpaired) electrons. The van der Waals surface area contributed by atoms with Crippen molar-refractivity contribution in [1.29, 1.82) is 0 Å². The third-order valence-corrected chi connectivity index (χ3v) is 5.37. The smallest absolute Gasteiger partial charge is 0.257 e. The van der Waals surface area contributed by atoms with E-state index in [4.69, 9.17) is 0 Å². The summed E-state index contributed by atoms with van der Waals surface area (Å²) in [4.78, 5) is 13.3. The Morgan fingerprint density at radius 2 is 1.80 bits per heavy atom. The molecule has 0 saturated carbocycles. The van der Waals surface area contributed by atoms with E-state index in [1.165, 1.54) is 11.1 Å². The average molecular weight is 403 g/mol. The topological polar surface area (TPSA) is 41.1 Å². The highest BCUT2D eigenvalue weighted by molar-refractivity contribution is 6.01. The van der Waals surface area contributed by atoms with Gasteiger partial charge in [0.25, 0.3) is 5.91 Å². The molecule has 0 bridgehead atoms. The fourth-order valence-electron chi connectivity index (χ4n) is 3.48. The van der Waals surface area contributed by atoms with E-state index in [1.54, 1.807) is 12.2 Å². The molecule has 0 aliphatic carbocycles. The first-order valence-corrected chi connectivity index (χ1v) is 10.6. The van der Waals surface area contributed by atoms with Crippen LogP contribution < -0.4 is 10.6 Å². The second-order valence-corrected chi connectivity index (χ2v) is 7.86. The Morgan fingerprint density at radius 1 is 1.10 bits per heavy atom. The molecule has 2 rings (SSSR count). The molecule has 1 atom stereocenters. The van der Waals surface area contributed by atoms with Crippen LogP contribution in [-0.4, -0.2) is 13.0 Å². The zero-order valence-corrected chi connectivity index (χ0v) is 18.8. The number of benzene rings is 2. The molecule has 0 spiro atoms. The van der Waals surface area contributed by atoms with Crippen LogP contribution in [0.3, 0.4) is 0 Å². The molecule has 1 amide bonds. The largest absolute Gasteiger partial charge is 0.387 e. The second-order valence-electron chi connectivity index (χ2n) is 7.86. The predicted molar refractivity (Wildman–Crippen MR) is 129 cm³/mol. The molecule has 3 heteroatoms. The maximum absolute atomic E-state index is 13.3. The predicted octanol–water partition coefficient (Wildman–Crippen LogP) is 6.45. The van der Waals surface area contributed by atoms with Gasteiger partial charge in [-0.2, -0.15) is 0 Å². The van der Waals surface area contributed by atoms with Crippen molar-refractivity contribution in [2.75, 3.05) is 12.4 Å². The van der Waals surface area contributed by atoms with Gasteiger partial charge in [0.1, 0.15) is 0 Å². The first kappa shape index (κ1) is 23.2. The zero-order valence-electron chi connectivity index (χ0n) is 18.8. The van der Waals surface area contributed by atoms with Gasteiger partial charge >= 0.3 is 0 Å². The number of amides is 1. The summed E-state index contributed by atoms with van der Waals surface area (Å²) in [6.45, 7) is 12.3. The van der Waals surface area contributed by atoms with Crippen molar-refractivity contribution in [2.24, 2.45) is 5.92 Å². The lowest BCUT2D eigenvalue weighted by molar-refractivity contribution is 0.0967. The number of anilines is 1. The van der Waals surface area contributed by atoms with E-state index in [0.29, 0.717) is 23.1 Å². The van der Waals surface area contributed by atoms with Crippen molar-refractivity contribution < 1.29 is 4.79 Å². The van der Waals surface area contributed by atoms with Crippen LogP contribution in [0.4, 0.5) is 5.69 Å². The molecule has 0 aliphatic heterocycles. The van der Waals surface area contributed by atoms with E-state index >= 15 is 0 Å². The van der Waals surface area contributed by atoms with Gasteiger partial charge in [-0.15, -0.1) is 0 Å². The van der Waals surface area contributed by atoms with E-state index < -0.39 is 0 Å². The van der Waals surface area contributed by atoms with Gasteiger partial charge < -0.3 is 10.6 Å². The summed E-state index contributed by atoms with van der Waals surface area (Å²) in [5.41, 5.74) is 5.80. The van der Waals surface area contributed by atoms with E-state index in [9.17, 15) is 4.79 Å². The first-order valence-electron chi connectivity index (χ1n) is 10.6. The average Bonchev–Trinajstić information content (AvgIpc) is 2.73. The van der Waals surface area contributed by atoms with Crippen molar-refractivity contribution in [3.05, 3.63) is 101 Å². The Hall–Kier alpha value is -3.07. The lowest BCUT2D eigenvalue weighted by Gasteiger charge is -2.23. The Balaban J connectivity index is 2.56. The van der Waals surface area contributed by atoms with Crippen molar-refractivity contribution in [3.63, 3.8) is 0 Å². The highest BCUT2D eigenvalue weighted by Crippen LogP contribution is 2.34. The molecule has 158 valence electrons. The van der Waals surface area contributed by atoms with Crippen LogP contribution in [0.15, 0.2) is 79.0 Å². The molecule has 30 heavy (non-hydrogen) atoms. The molecular weight excluding hydrogens is 368 g/mol. The van der Waals surface area contributed by atoms with Gasteiger partial charge in [0.2, 0.25) is 0 Å². The van der Waals surface area contributed by atoms with Crippen LogP contribution in [0.2, 0.25) is 0 Å². The fourth-order valence-corrected chi connectivity index (χ4v) is 3.48. The summed E-state index contributed by atoms with van der Waals surface area (Å²) in [6, 6.07) is 14.6. The molecule has 0 fully saturated rings. The molecule has 0 aliphatic rings.